The molecule has 0 bridgehead atoms. The molecule has 0 fully saturated rings. The lowest BCUT2D eigenvalue weighted by atomic mass is 9.94. The van der Waals surface area contributed by atoms with Crippen molar-refractivity contribution in [2.24, 2.45) is 0 Å². The predicted molar refractivity (Wildman–Crippen MR) is 101 cm³/mol. The van der Waals surface area contributed by atoms with Crippen LogP contribution in [0.25, 0.3) is 10.8 Å². The van der Waals surface area contributed by atoms with Gasteiger partial charge >= 0.3 is 5.97 Å². The molecule has 2 N–H and O–H groups in total. The minimum absolute atomic E-state index is 0.324. The number of esters is 1. The smallest absolute Gasteiger partial charge is 0.338 e. The molecule has 2 aromatic carbocycles. The zero-order chi connectivity index (χ0) is 18.0. The highest BCUT2D eigenvalue weighted by Crippen LogP contribution is 2.30. The minimum Gasteiger partial charge on any atom is -0.497 e. The second kappa shape index (κ2) is 7.11. The van der Waals surface area contributed by atoms with Gasteiger partial charge in [0.05, 0.1) is 25.3 Å². The summed E-state index contributed by atoms with van der Waals surface area (Å²) >= 11 is 5.27. The van der Waals surface area contributed by atoms with Crippen LogP contribution in [0, 0.1) is 0 Å². The largest absolute Gasteiger partial charge is 0.497 e. The molecule has 0 unspecified atom stereocenters. The molecule has 2 aromatic rings. The molecule has 1 aliphatic rings. The van der Waals surface area contributed by atoms with Crippen LogP contribution in [0.1, 0.15) is 25.5 Å². The Labute approximate surface area is 152 Å². The maximum absolute atomic E-state index is 12.4. The highest BCUT2D eigenvalue weighted by molar-refractivity contribution is 7.80. The third-order valence-corrected chi connectivity index (χ3v) is 4.39. The number of ether oxygens (including phenoxy) is 2. The van der Waals surface area contributed by atoms with Crippen molar-refractivity contribution in [2.75, 3.05) is 13.7 Å². The molecule has 1 aliphatic heterocycles. The second-order valence-electron chi connectivity index (χ2n) is 5.76. The van der Waals surface area contributed by atoms with Crippen LogP contribution >= 0.6 is 12.2 Å². The van der Waals surface area contributed by atoms with Crippen LogP contribution in [0.5, 0.6) is 5.75 Å². The average Bonchev–Trinajstić information content (AvgIpc) is 2.60. The number of allylic oxidation sites excluding steroid dienone is 1. The van der Waals surface area contributed by atoms with Crippen molar-refractivity contribution in [2.45, 2.75) is 19.9 Å². The van der Waals surface area contributed by atoms with Crippen LogP contribution < -0.4 is 15.4 Å². The predicted octanol–water partition coefficient (Wildman–Crippen LogP) is 3.20. The molecule has 0 radical (unpaired) electrons. The topological polar surface area (TPSA) is 59.6 Å². The summed E-state index contributed by atoms with van der Waals surface area (Å²) in [7, 11) is 1.65. The quantitative estimate of drug-likeness (QED) is 0.648. The highest BCUT2D eigenvalue weighted by Gasteiger charge is 2.30. The van der Waals surface area contributed by atoms with Gasteiger partial charge in [-0.15, -0.1) is 0 Å². The van der Waals surface area contributed by atoms with Crippen molar-refractivity contribution in [3.63, 3.8) is 0 Å². The van der Waals surface area contributed by atoms with Crippen molar-refractivity contribution < 1.29 is 14.3 Å². The summed E-state index contributed by atoms with van der Waals surface area (Å²) in [6.45, 7) is 3.95. The van der Waals surface area contributed by atoms with Gasteiger partial charge in [0.2, 0.25) is 0 Å². The van der Waals surface area contributed by atoms with Crippen LogP contribution in [0.3, 0.4) is 0 Å². The van der Waals surface area contributed by atoms with E-state index >= 15 is 0 Å². The van der Waals surface area contributed by atoms with Crippen molar-refractivity contribution in [1.29, 1.82) is 0 Å². The first kappa shape index (κ1) is 17.2. The number of thiocarbonyl (C=S) groups is 1. The van der Waals surface area contributed by atoms with Crippen LogP contribution in [0.2, 0.25) is 0 Å². The lowest BCUT2D eigenvalue weighted by molar-refractivity contribution is -0.139. The van der Waals surface area contributed by atoms with E-state index in [2.05, 4.69) is 10.6 Å². The normalized spacial score (nSPS) is 17.1. The van der Waals surface area contributed by atoms with Crippen LogP contribution in [0.15, 0.2) is 47.7 Å². The molecular weight excluding hydrogens is 336 g/mol. The molecule has 0 saturated carbocycles. The second-order valence-corrected chi connectivity index (χ2v) is 6.17. The summed E-state index contributed by atoms with van der Waals surface area (Å²) in [5.74, 6) is 0.465. The van der Waals surface area contributed by atoms with E-state index in [0.29, 0.717) is 23.0 Å². The number of hydrogen-bond donors (Lipinski definition) is 2. The number of rotatable bonds is 4. The van der Waals surface area contributed by atoms with Gasteiger partial charge < -0.3 is 20.1 Å². The fraction of sp³-hybridized carbons (Fsp3) is 0.263. The third kappa shape index (κ3) is 3.44. The molecule has 6 heteroatoms. The maximum Gasteiger partial charge on any atom is 0.338 e. The van der Waals surface area contributed by atoms with Gasteiger partial charge in [0.1, 0.15) is 5.75 Å². The minimum atomic E-state index is -0.348. The summed E-state index contributed by atoms with van der Waals surface area (Å²) in [6.07, 6.45) is 0. The van der Waals surface area contributed by atoms with Gasteiger partial charge in [0, 0.05) is 5.70 Å². The number of methoxy groups -OCH3 is 1. The number of carbonyl (C=O) groups excluding carboxylic acids is 1. The molecule has 1 atom stereocenters. The SMILES string of the molecule is CCOC(=O)C1=C(C)NC(=S)N[C@@H]1c1ccc2cc(OC)ccc2c1. The van der Waals surface area contributed by atoms with Gasteiger partial charge in [-0.3, -0.25) is 0 Å². The lowest BCUT2D eigenvalue weighted by Gasteiger charge is -2.30. The molecule has 0 amide bonds. The molecule has 0 spiro atoms. The van der Waals surface area contributed by atoms with Gasteiger partial charge in [-0.1, -0.05) is 18.2 Å². The van der Waals surface area contributed by atoms with Crippen molar-refractivity contribution in [3.05, 3.63) is 53.2 Å². The van der Waals surface area contributed by atoms with E-state index in [1.165, 1.54) is 0 Å². The number of nitrogens with one attached hydrogen (secondary N) is 2. The van der Waals surface area contributed by atoms with E-state index in [0.717, 1.165) is 22.1 Å². The first-order valence-electron chi connectivity index (χ1n) is 8.06. The molecule has 3 rings (SSSR count). The Hall–Kier alpha value is -2.60. The van der Waals surface area contributed by atoms with E-state index in [-0.39, 0.29) is 12.0 Å². The van der Waals surface area contributed by atoms with Gasteiger partial charge in [-0.05, 0) is 60.6 Å². The van der Waals surface area contributed by atoms with Gasteiger partial charge in [-0.25, -0.2) is 4.79 Å². The Kier molecular flexibility index (Phi) is 4.90. The molecule has 0 aliphatic carbocycles. The van der Waals surface area contributed by atoms with Gasteiger partial charge in [0.25, 0.3) is 0 Å². The van der Waals surface area contributed by atoms with E-state index in [1.807, 2.05) is 43.3 Å². The van der Waals surface area contributed by atoms with E-state index in [4.69, 9.17) is 21.7 Å². The van der Waals surface area contributed by atoms with Gasteiger partial charge in [-0.2, -0.15) is 0 Å². The number of carbonyl (C=O) groups is 1. The molecule has 130 valence electrons. The zero-order valence-corrected chi connectivity index (χ0v) is 15.2. The van der Waals surface area contributed by atoms with Crippen molar-refractivity contribution in [3.8, 4) is 5.75 Å². The van der Waals surface area contributed by atoms with Gasteiger partial charge in [0.15, 0.2) is 5.11 Å². The Balaban J connectivity index is 2.05. The van der Waals surface area contributed by atoms with Crippen molar-refractivity contribution >= 4 is 34.1 Å². The molecule has 0 aromatic heterocycles. The lowest BCUT2D eigenvalue weighted by Crippen LogP contribution is -2.45. The number of fused-ring (bicyclic) bond motifs is 1. The summed E-state index contributed by atoms with van der Waals surface area (Å²) in [6, 6.07) is 11.6. The van der Waals surface area contributed by atoms with Crippen LogP contribution in [-0.2, 0) is 9.53 Å². The fourth-order valence-electron chi connectivity index (χ4n) is 2.97. The molecule has 5 nitrogen and oxygen atoms in total. The number of benzene rings is 2. The van der Waals surface area contributed by atoms with Crippen LogP contribution in [-0.4, -0.2) is 24.8 Å². The molecular formula is C19H20N2O3S. The Morgan fingerprint density at radius 1 is 1.20 bits per heavy atom. The summed E-state index contributed by atoms with van der Waals surface area (Å²) < 4.78 is 10.5. The maximum atomic E-state index is 12.4. The first-order chi connectivity index (χ1) is 12.0. The Morgan fingerprint density at radius 2 is 1.92 bits per heavy atom. The average molecular weight is 356 g/mol. The summed E-state index contributed by atoms with van der Waals surface area (Å²) in [5.41, 5.74) is 2.20. The zero-order valence-electron chi connectivity index (χ0n) is 14.4. The Morgan fingerprint density at radius 3 is 2.64 bits per heavy atom. The van der Waals surface area contributed by atoms with Crippen LogP contribution in [0.4, 0.5) is 0 Å². The monoisotopic (exact) mass is 356 g/mol. The highest BCUT2D eigenvalue weighted by atomic mass is 32.1. The fourth-order valence-corrected chi connectivity index (χ4v) is 3.24. The molecule has 25 heavy (non-hydrogen) atoms. The Bertz CT molecular complexity index is 876. The van der Waals surface area contributed by atoms with E-state index in [9.17, 15) is 4.79 Å². The molecule has 0 saturated heterocycles. The van der Waals surface area contributed by atoms with E-state index in [1.54, 1.807) is 14.0 Å². The molecule has 1 heterocycles. The standard InChI is InChI=1S/C19H20N2O3S/c1-4-24-18(22)16-11(2)20-19(25)21-17(16)14-6-5-13-10-15(23-3)8-7-12(13)9-14/h5-10,17H,4H2,1-3H3,(H2,20,21,25)/t17-/m1/s1. The summed E-state index contributed by atoms with van der Waals surface area (Å²) in [4.78, 5) is 12.4. The van der Waals surface area contributed by atoms with E-state index < -0.39 is 0 Å². The first-order valence-corrected chi connectivity index (χ1v) is 8.47. The third-order valence-electron chi connectivity index (χ3n) is 4.17. The summed E-state index contributed by atoms with van der Waals surface area (Å²) in [5, 5.41) is 8.80. The number of hydrogen-bond acceptors (Lipinski definition) is 4. The van der Waals surface area contributed by atoms with Crippen molar-refractivity contribution in [1.82, 2.24) is 10.6 Å².